The van der Waals surface area contributed by atoms with E-state index in [1.54, 1.807) is 18.2 Å². The minimum Gasteiger partial charge on any atom is -0.360 e. The van der Waals surface area contributed by atoms with Crippen molar-refractivity contribution in [1.29, 1.82) is 0 Å². The van der Waals surface area contributed by atoms with Crippen LogP contribution in [0.25, 0.3) is 22.0 Å². The Morgan fingerprint density at radius 2 is 1.86 bits per heavy atom. The minimum atomic E-state index is -0.262. The average Bonchev–Trinajstić information content (AvgIpc) is 2.89. The first kappa shape index (κ1) is 14.3. The molecular weight excluding hydrogens is 279 g/mol. The number of nitrogens with one attached hydrogen (secondary N) is 2. The van der Waals surface area contributed by atoms with E-state index in [2.05, 4.69) is 10.3 Å². The van der Waals surface area contributed by atoms with E-state index in [0.717, 1.165) is 22.0 Å². The van der Waals surface area contributed by atoms with Gasteiger partial charge in [-0.1, -0.05) is 12.1 Å². The van der Waals surface area contributed by atoms with Gasteiger partial charge in [0.25, 0.3) is 5.91 Å². The van der Waals surface area contributed by atoms with Crippen molar-refractivity contribution in [2.45, 2.75) is 19.9 Å². The molecule has 0 saturated carbocycles. The first-order valence-corrected chi connectivity index (χ1v) is 7.22. The lowest BCUT2D eigenvalue weighted by Gasteiger charge is -2.08. The summed E-state index contributed by atoms with van der Waals surface area (Å²) in [6.07, 6.45) is 1.85. The third-order valence-corrected chi connectivity index (χ3v) is 3.52. The van der Waals surface area contributed by atoms with Gasteiger partial charge in [0, 0.05) is 34.3 Å². The van der Waals surface area contributed by atoms with E-state index in [1.165, 1.54) is 12.1 Å². The number of amides is 1. The molecule has 0 fully saturated rings. The van der Waals surface area contributed by atoms with Crippen molar-refractivity contribution in [3.63, 3.8) is 0 Å². The third kappa shape index (κ3) is 2.72. The fraction of sp³-hybridized carbons (Fsp3) is 0.167. The van der Waals surface area contributed by atoms with Crippen LogP contribution in [0.2, 0.25) is 0 Å². The Labute approximate surface area is 128 Å². The van der Waals surface area contributed by atoms with Gasteiger partial charge >= 0.3 is 0 Å². The van der Waals surface area contributed by atoms with Crippen LogP contribution < -0.4 is 5.32 Å². The summed E-state index contributed by atoms with van der Waals surface area (Å²) in [4.78, 5) is 15.0. The van der Waals surface area contributed by atoms with Crippen LogP contribution in [-0.2, 0) is 0 Å². The number of aromatic nitrogens is 1. The van der Waals surface area contributed by atoms with Crippen molar-refractivity contribution >= 4 is 16.8 Å². The van der Waals surface area contributed by atoms with Gasteiger partial charge < -0.3 is 10.3 Å². The Balaban J connectivity index is 1.93. The second-order valence-electron chi connectivity index (χ2n) is 5.60. The molecule has 0 unspecified atom stereocenters. The van der Waals surface area contributed by atoms with Crippen LogP contribution in [0.15, 0.2) is 48.7 Å². The Morgan fingerprint density at radius 3 is 2.55 bits per heavy atom. The number of benzene rings is 2. The van der Waals surface area contributed by atoms with E-state index in [0.29, 0.717) is 5.56 Å². The number of rotatable bonds is 3. The Kier molecular flexibility index (Phi) is 3.67. The summed E-state index contributed by atoms with van der Waals surface area (Å²) in [5.74, 6) is -0.343. The number of hydrogen-bond donors (Lipinski definition) is 2. The van der Waals surface area contributed by atoms with Gasteiger partial charge in [0.05, 0.1) is 0 Å². The molecule has 22 heavy (non-hydrogen) atoms. The van der Waals surface area contributed by atoms with Crippen LogP contribution >= 0.6 is 0 Å². The van der Waals surface area contributed by atoms with Crippen LogP contribution in [-0.4, -0.2) is 16.9 Å². The second-order valence-corrected chi connectivity index (χ2v) is 5.60. The van der Waals surface area contributed by atoms with E-state index in [1.807, 2.05) is 32.2 Å². The molecule has 0 aliphatic rings. The predicted molar refractivity (Wildman–Crippen MR) is 86.3 cm³/mol. The van der Waals surface area contributed by atoms with Gasteiger partial charge in [-0.15, -0.1) is 0 Å². The molecular formula is C18H17FN2O. The number of carbonyl (C=O) groups is 1. The van der Waals surface area contributed by atoms with E-state index >= 15 is 0 Å². The Hall–Kier alpha value is -2.62. The molecule has 1 aromatic heterocycles. The zero-order chi connectivity index (χ0) is 15.7. The van der Waals surface area contributed by atoms with Crippen LogP contribution in [0.5, 0.6) is 0 Å². The smallest absolute Gasteiger partial charge is 0.251 e. The van der Waals surface area contributed by atoms with Crippen molar-refractivity contribution < 1.29 is 9.18 Å². The molecule has 4 heteroatoms. The molecule has 2 N–H and O–H groups in total. The topological polar surface area (TPSA) is 44.9 Å². The maximum atomic E-state index is 13.2. The lowest BCUT2D eigenvalue weighted by molar-refractivity contribution is 0.0943. The van der Waals surface area contributed by atoms with Crippen LogP contribution in [0.3, 0.4) is 0 Å². The van der Waals surface area contributed by atoms with Gasteiger partial charge in [0.15, 0.2) is 0 Å². The molecule has 3 nitrogen and oxygen atoms in total. The first-order valence-electron chi connectivity index (χ1n) is 7.22. The number of hydrogen-bond acceptors (Lipinski definition) is 1. The van der Waals surface area contributed by atoms with Gasteiger partial charge in [0.1, 0.15) is 5.82 Å². The highest BCUT2D eigenvalue weighted by molar-refractivity contribution is 5.97. The zero-order valence-corrected chi connectivity index (χ0v) is 12.5. The van der Waals surface area contributed by atoms with Gasteiger partial charge in [0.2, 0.25) is 0 Å². The number of carbonyl (C=O) groups excluding carboxylic acids is 1. The highest BCUT2D eigenvalue weighted by Crippen LogP contribution is 2.29. The first-order chi connectivity index (χ1) is 10.5. The monoisotopic (exact) mass is 296 g/mol. The molecule has 0 aliphatic carbocycles. The molecule has 0 aliphatic heterocycles. The summed E-state index contributed by atoms with van der Waals surface area (Å²) in [7, 11) is 0. The quantitative estimate of drug-likeness (QED) is 0.750. The number of H-pyrrole nitrogens is 1. The molecule has 2 aromatic carbocycles. The van der Waals surface area contributed by atoms with Gasteiger partial charge in [-0.25, -0.2) is 4.39 Å². The molecule has 1 amide bonds. The number of halogens is 1. The molecule has 112 valence electrons. The fourth-order valence-corrected chi connectivity index (χ4v) is 2.48. The van der Waals surface area contributed by atoms with Crippen LogP contribution in [0.1, 0.15) is 24.2 Å². The Bertz CT molecular complexity index is 819. The SMILES string of the molecule is CC(C)NC(=O)c1ccc(-c2c[nH]c3cc(F)ccc23)cc1. The molecule has 0 spiro atoms. The van der Waals surface area contributed by atoms with Crippen molar-refractivity contribution in [1.82, 2.24) is 10.3 Å². The summed E-state index contributed by atoms with van der Waals surface area (Å²) in [6, 6.07) is 12.2. The molecule has 3 rings (SSSR count). The highest BCUT2D eigenvalue weighted by atomic mass is 19.1. The second kappa shape index (κ2) is 5.64. The molecule has 1 heterocycles. The normalized spacial score (nSPS) is 11.1. The summed E-state index contributed by atoms with van der Waals surface area (Å²) >= 11 is 0. The molecule has 0 saturated heterocycles. The third-order valence-electron chi connectivity index (χ3n) is 3.52. The maximum absolute atomic E-state index is 13.2. The summed E-state index contributed by atoms with van der Waals surface area (Å²) in [5.41, 5.74) is 3.37. The largest absolute Gasteiger partial charge is 0.360 e. The highest BCUT2D eigenvalue weighted by Gasteiger charge is 2.09. The number of fused-ring (bicyclic) bond motifs is 1. The lowest BCUT2D eigenvalue weighted by Crippen LogP contribution is -2.29. The van der Waals surface area contributed by atoms with Gasteiger partial charge in [-0.3, -0.25) is 4.79 Å². The minimum absolute atomic E-state index is 0.0810. The number of aromatic amines is 1. The summed E-state index contributed by atoms with van der Waals surface area (Å²) < 4.78 is 13.2. The van der Waals surface area contributed by atoms with E-state index in [4.69, 9.17) is 0 Å². The van der Waals surface area contributed by atoms with E-state index in [-0.39, 0.29) is 17.8 Å². The fourth-order valence-electron chi connectivity index (χ4n) is 2.48. The molecule has 3 aromatic rings. The van der Waals surface area contributed by atoms with Crippen molar-refractivity contribution in [2.75, 3.05) is 0 Å². The summed E-state index contributed by atoms with van der Waals surface area (Å²) in [5, 5.41) is 3.82. The molecule has 0 atom stereocenters. The van der Waals surface area contributed by atoms with E-state index < -0.39 is 0 Å². The van der Waals surface area contributed by atoms with Crippen LogP contribution in [0, 0.1) is 5.82 Å². The lowest BCUT2D eigenvalue weighted by atomic mass is 10.0. The zero-order valence-electron chi connectivity index (χ0n) is 12.5. The molecule has 0 radical (unpaired) electrons. The van der Waals surface area contributed by atoms with Crippen molar-refractivity contribution in [3.05, 3.63) is 60.0 Å². The van der Waals surface area contributed by atoms with Gasteiger partial charge in [-0.2, -0.15) is 0 Å². The predicted octanol–water partition coefficient (Wildman–Crippen LogP) is 4.11. The Morgan fingerprint density at radius 1 is 1.14 bits per heavy atom. The van der Waals surface area contributed by atoms with Crippen molar-refractivity contribution in [3.8, 4) is 11.1 Å². The van der Waals surface area contributed by atoms with Gasteiger partial charge in [-0.05, 0) is 49.7 Å². The van der Waals surface area contributed by atoms with E-state index in [9.17, 15) is 9.18 Å². The average molecular weight is 296 g/mol. The summed E-state index contributed by atoms with van der Waals surface area (Å²) in [6.45, 7) is 3.86. The standard InChI is InChI=1S/C18H17FN2O/c1-11(2)21-18(22)13-5-3-12(4-6-13)16-10-20-17-9-14(19)7-8-15(16)17/h3-11,20H,1-2H3,(H,21,22). The maximum Gasteiger partial charge on any atom is 0.251 e. The van der Waals surface area contributed by atoms with Crippen LogP contribution in [0.4, 0.5) is 4.39 Å². The van der Waals surface area contributed by atoms with Crippen molar-refractivity contribution in [2.24, 2.45) is 0 Å². The molecule has 0 bridgehead atoms.